The van der Waals surface area contributed by atoms with Crippen molar-refractivity contribution >= 4 is 29.5 Å². The highest BCUT2D eigenvalue weighted by Gasteiger charge is 2.23. The minimum Gasteiger partial charge on any atom is -0.481 e. The van der Waals surface area contributed by atoms with E-state index in [0.29, 0.717) is 12.4 Å². The van der Waals surface area contributed by atoms with Gasteiger partial charge in [0.05, 0.1) is 24.6 Å². The van der Waals surface area contributed by atoms with Gasteiger partial charge in [-0.2, -0.15) is 0 Å². The Balaban J connectivity index is 1.43. The van der Waals surface area contributed by atoms with Gasteiger partial charge in [-0.25, -0.2) is 14.5 Å². The minimum absolute atomic E-state index is 0.116. The van der Waals surface area contributed by atoms with Crippen LogP contribution in [0.2, 0.25) is 0 Å². The Kier molecular flexibility index (Phi) is 8.17. The van der Waals surface area contributed by atoms with Gasteiger partial charge in [-0.15, -0.1) is 0 Å². The average molecular weight is 472 g/mol. The van der Waals surface area contributed by atoms with E-state index in [1.165, 1.54) is 0 Å². The molecule has 0 N–H and O–H groups in total. The first-order valence-electron chi connectivity index (χ1n) is 11.8. The summed E-state index contributed by atoms with van der Waals surface area (Å²) in [5, 5.41) is 0. The molecule has 6 heteroatoms. The molecular formula is C29H29NO5. The van der Waals surface area contributed by atoms with Crippen molar-refractivity contribution in [2.75, 3.05) is 24.7 Å². The van der Waals surface area contributed by atoms with Crippen molar-refractivity contribution in [2.24, 2.45) is 5.92 Å². The van der Waals surface area contributed by atoms with E-state index in [1.54, 1.807) is 11.8 Å². The van der Waals surface area contributed by atoms with E-state index >= 15 is 0 Å². The molecule has 0 bridgehead atoms. The molecule has 0 aliphatic heterocycles. The highest BCUT2D eigenvalue weighted by Crippen LogP contribution is 2.31. The van der Waals surface area contributed by atoms with E-state index < -0.39 is 12.1 Å². The van der Waals surface area contributed by atoms with Crippen molar-refractivity contribution in [3.05, 3.63) is 96.1 Å². The molecule has 1 unspecified atom stereocenters. The molecule has 0 fully saturated rings. The van der Waals surface area contributed by atoms with Crippen LogP contribution in [0.25, 0.3) is 6.08 Å². The van der Waals surface area contributed by atoms with Gasteiger partial charge in [0, 0.05) is 11.5 Å². The van der Waals surface area contributed by atoms with Crippen LogP contribution in [0.3, 0.4) is 0 Å². The lowest BCUT2D eigenvalue weighted by molar-refractivity contribution is -0.145. The van der Waals surface area contributed by atoms with Gasteiger partial charge in [-0.1, -0.05) is 60.7 Å². The van der Waals surface area contributed by atoms with Crippen LogP contribution in [0.5, 0.6) is 5.75 Å². The normalized spacial score (nSPS) is 14.4. The minimum atomic E-state index is -0.414. The lowest BCUT2D eigenvalue weighted by atomic mass is 9.96. The van der Waals surface area contributed by atoms with Crippen LogP contribution in [-0.2, 0) is 20.7 Å². The first kappa shape index (κ1) is 24.1. The highest BCUT2D eigenvalue weighted by atomic mass is 16.6. The number of esters is 1. The summed E-state index contributed by atoms with van der Waals surface area (Å²) in [6.45, 7) is 2.24. The molecule has 3 aromatic rings. The second-order valence-corrected chi connectivity index (χ2v) is 8.21. The molecule has 3 aromatic carbocycles. The molecule has 4 rings (SSSR count). The first-order chi connectivity index (χ1) is 17.2. The smallest absolute Gasteiger partial charge is 0.418 e. The topological polar surface area (TPSA) is 65.1 Å². The second-order valence-electron chi connectivity index (χ2n) is 8.21. The molecule has 1 aliphatic rings. The number of anilines is 2. The van der Waals surface area contributed by atoms with E-state index in [2.05, 4.69) is 6.08 Å². The first-order valence-corrected chi connectivity index (χ1v) is 11.8. The van der Waals surface area contributed by atoms with E-state index in [4.69, 9.17) is 14.2 Å². The van der Waals surface area contributed by atoms with E-state index in [1.807, 2.05) is 84.9 Å². The number of allylic oxidation sites excluding steroid dienone is 1. The van der Waals surface area contributed by atoms with Crippen molar-refractivity contribution in [3.63, 3.8) is 0 Å². The summed E-state index contributed by atoms with van der Waals surface area (Å²) in [7, 11) is 0. The van der Waals surface area contributed by atoms with Crippen molar-refractivity contribution in [1.29, 1.82) is 0 Å². The zero-order valence-electron chi connectivity index (χ0n) is 19.8. The summed E-state index contributed by atoms with van der Waals surface area (Å²) < 4.78 is 16.5. The zero-order valence-corrected chi connectivity index (χ0v) is 19.8. The third-order valence-electron chi connectivity index (χ3n) is 5.72. The monoisotopic (exact) mass is 471 g/mol. The summed E-state index contributed by atoms with van der Waals surface area (Å²) in [5.41, 5.74) is 3.53. The van der Waals surface area contributed by atoms with Crippen LogP contribution in [0, 0.1) is 5.92 Å². The maximum absolute atomic E-state index is 13.2. The van der Waals surface area contributed by atoms with Crippen LogP contribution >= 0.6 is 0 Å². The van der Waals surface area contributed by atoms with Crippen LogP contribution in [-0.4, -0.2) is 31.9 Å². The maximum atomic E-state index is 13.2. The quantitative estimate of drug-likeness (QED) is 0.367. The van der Waals surface area contributed by atoms with Crippen LogP contribution in [0.1, 0.15) is 24.5 Å². The zero-order chi connectivity index (χ0) is 24.5. The predicted octanol–water partition coefficient (Wildman–Crippen LogP) is 6.18. The molecule has 6 nitrogen and oxygen atoms in total. The molecule has 1 atom stereocenters. The Morgan fingerprint density at radius 1 is 0.886 bits per heavy atom. The Hall–Kier alpha value is -4.06. The van der Waals surface area contributed by atoms with Crippen LogP contribution in [0.4, 0.5) is 16.2 Å². The molecule has 1 aliphatic carbocycles. The Bertz CT molecular complexity index is 1120. The summed E-state index contributed by atoms with van der Waals surface area (Å²) in [6.07, 6.45) is 5.15. The Morgan fingerprint density at radius 2 is 1.57 bits per heavy atom. The number of hydrogen-bond acceptors (Lipinski definition) is 5. The fourth-order valence-electron chi connectivity index (χ4n) is 4.09. The summed E-state index contributed by atoms with van der Waals surface area (Å²) in [4.78, 5) is 26.5. The van der Waals surface area contributed by atoms with Crippen molar-refractivity contribution in [1.82, 2.24) is 0 Å². The van der Waals surface area contributed by atoms with E-state index in [9.17, 15) is 9.59 Å². The predicted molar refractivity (Wildman–Crippen MR) is 136 cm³/mol. The van der Waals surface area contributed by atoms with Gasteiger partial charge in [0.2, 0.25) is 0 Å². The third-order valence-corrected chi connectivity index (χ3v) is 5.72. The Morgan fingerprint density at radius 3 is 2.23 bits per heavy atom. The van der Waals surface area contributed by atoms with Crippen LogP contribution in [0.15, 0.2) is 84.9 Å². The van der Waals surface area contributed by atoms with Crippen molar-refractivity contribution in [3.8, 4) is 5.75 Å². The molecule has 0 saturated carbocycles. The molecule has 0 spiro atoms. The van der Waals surface area contributed by atoms with Gasteiger partial charge in [0.25, 0.3) is 0 Å². The van der Waals surface area contributed by atoms with Gasteiger partial charge in [-0.3, -0.25) is 0 Å². The second kappa shape index (κ2) is 11.9. The lowest BCUT2D eigenvalue weighted by Gasteiger charge is -2.24. The third kappa shape index (κ3) is 6.29. The molecule has 1 amide bonds. The molecule has 0 radical (unpaired) electrons. The number of benzene rings is 3. The number of para-hydroxylation sites is 2. The number of fused-ring (bicyclic) bond motifs is 1. The maximum Gasteiger partial charge on any atom is 0.418 e. The van der Waals surface area contributed by atoms with Gasteiger partial charge >= 0.3 is 12.1 Å². The van der Waals surface area contributed by atoms with Gasteiger partial charge < -0.3 is 14.2 Å². The van der Waals surface area contributed by atoms with Gasteiger partial charge in [-0.05, 0) is 55.7 Å². The Labute approximate surface area is 205 Å². The lowest BCUT2D eigenvalue weighted by Crippen LogP contribution is -2.28. The van der Waals surface area contributed by atoms with E-state index in [0.717, 1.165) is 35.3 Å². The molecule has 0 heterocycles. The standard InChI is InChI=1S/C29H29NO5/c1-2-33-28(31)21-34-27-18-10-12-23-19-22(11-9-17-26(23)27)20-35-29(32)30(24-13-5-3-6-14-24)25-15-7-4-8-16-25/h3-10,12-18,22H,2,11,19-21H2,1H3. The van der Waals surface area contributed by atoms with Gasteiger partial charge in [0.1, 0.15) is 5.75 Å². The summed E-state index contributed by atoms with van der Waals surface area (Å²) in [5.74, 6) is 0.364. The number of carbonyl (C=O) groups is 2. The summed E-state index contributed by atoms with van der Waals surface area (Å²) in [6, 6.07) is 24.8. The largest absolute Gasteiger partial charge is 0.481 e. The van der Waals surface area contributed by atoms with Crippen molar-refractivity contribution in [2.45, 2.75) is 19.8 Å². The average Bonchev–Trinajstić information content (AvgIpc) is 3.10. The van der Waals surface area contributed by atoms with E-state index in [-0.39, 0.29) is 19.1 Å². The number of ether oxygens (including phenoxy) is 3. The number of nitrogens with zero attached hydrogens (tertiary/aromatic N) is 1. The number of hydrogen-bond donors (Lipinski definition) is 0. The number of amides is 1. The van der Waals surface area contributed by atoms with Gasteiger partial charge in [0.15, 0.2) is 6.61 Å². The van der Waals surface area contributed by atoms with Crippen molar-refractivity contribution < 1.29 is 23.8 Å². The fourth-order valence-corrected chi connectivity index (χ4v) is 4.09. The number of rotatable bonds is 8. The molecule has 180 valence electrons. The fraction of sp³-hybridized carbons (Fsp3) is 0.241. The molecule has 0 aromatic heterocycles. The summed E-state index contributed by atoms with van der Waals surface area (Å²) >= 11 is 0. The molecular weight excluding hydrogens is 442 g/mol. The SMILES string of the molecule is CCOC(=O)COc1cccc2c1C=CCC(COC(=O)N(c1ccccc1)c1ccccc1)C2. The highest BCUT2D eigenvalue weighted by molar-refractivity contribution is 5.95. The molecule has 0 saturated heterocycles. The number of carbonyl (C=O) groups excluding carboxylic acids is 2. The van der Waals surface area contributed by atoms with Crippen LogP contribution < -0.4 is 9.64 Å². The molecule has 35 heavy (non-hydrogen) atoms.